The molecule has 6 rings (SSSR count). The molecule has 1 aliphatic carbocycles. The van der Waals surface area contributed by atoms with E-state index in [0.717, 1.165) is 55.8 Å². The summed E-state index contributed by atoms with van der Waals surface area (Å²) >= 11 is 0. The molecule has 2 unspecified atom stereocenters. The summed E-state index contributed by atoms with van der Waals surface area (Å²) in [4.78, 5) is 0. The molecule has 2 aliphatic heterocycles. The molecule has 0 amide bonds. The van der Waals surface area contributed by atoms with Crippen LogP contribution in [0.4, 0.5) is 0 Å². The maximum Gasteiger partial charge on any atom is 0.126 e. The Balaban J connectivity index is 1.28. The van der Waals surface area contributed by atoms with Gasteiger partial charge in [0.1, 0.15) is 42.7 Å². The van der Waals surface area contributed by atoms with Gasteiger partial charge in [-0.3, -0.25) is 0 Å². The highest BCUT2D eigenvalue weighted by molar-refractivity contribution is 5.49. The zero-order chi connectivity index (χ0) is 28.5. The van der Waals surface area contributed by atoms with Crippen molar-refractivity contribution >= 4 is 0 Å². The van der Waals surface area contributed by atoms with Gasteiger partial charge in [-0.2, -0.15) is 0 Å². The van der Waals surface area contributed by atoms with Gasteiger partial charge in [0.15, 0.2) is 0 Å². The lowest BCUT2D eigenvalue weighted by molar-refractivity contribution is 0.252. The molecule has 5 heteroatoms. The van der Waals surface area contributed by atoms with Crippen molar-refractivity contribution in [3.05, 3.63) is 89.0 Å². The third-order valence-corrected chi connectivity index (χ3v) is 8.49. The quantitative estimate of drug-likeness (QED) is 0.187. The monoisotopic (exact) mass is 556 g/mol. The van der Waals surface area contributed by atoms with Crippen molar-refractivity contribution in [1.29, 1.82) is 0 Å². The molecule has 5 nitrogen and oxygen atoms in total. The van der Waals surface area contributed by atoms with E-state index in [1.165, 1.54) is 35.1 Å². The second kappa shape index (κ2) is 11.7. The molecule has 3 aromatic carbocycles. The van der Waals surface area contributed by atoms with Gasteiger partial charge in [0, 0.05) is 11.1 Å². The van der Waals surface area contributed by atoms with Crippen molar-refractivity contribution in [3.8, 4) is 17.2 Å². The minimum absolute atomic E-state index is 0.176. The Morgan fingerprint density at radius 1 is 0.610 bits per heavy atom. The maximum absolute atomic E-state index is 6.63. The van der Waals surface area contributed by atoms with Crippen LogP contribution in [0.15, 0.2) is 66.7 Å². The predicted molar refractivity (Wildman–Crippen MR) is 161 cm³/mol. The van der Waals surface area contributed by atoms with Crippen molar-refractivity contribution < 1.29 is 23.7 Å². The lowest BCUT2D eigenvalue weighted by Gasteiger charge is -2.32. The third kappa shape index (κ3) is 7.25. The van der Waals surface area contributed by atoms with Gasteiger partial charge >= 0.3 is 0 Å². The second-order valence-electron chi connectivity index (χ2n) is 13.3. The van der Waals surface area contributed by atoms with E-state index in [2.05, 4.69) is 88.4 Å². The number of epoxide rings is 2. The SMILES string of the molecule is CC(C)(Cc1cccc(C(C)(C)Cc2ccccc2OCC2CC2)c1OCC1CO1)c1ccccc1OCC1CO1. The number of para-hydroxylation sites is 3. The van der Waals surface area contributed by atoms with Gasteiger partial charge in [-0.25, -0.2) is 0 Å². The van der Waals surface area contributed by atoms with Crippen LogP contribution < -0.4 is 14.2 Å². The molecule has 3 aromatic rings. The predicted octanol–water partition coefficient (Wildman–Crippen LogP) is 7.07. The van der Waals surface area contributed by atoms with Gasteiger partial charge in [-0.05, 0) is 65.7 Å². The molecular weight excluding hydrogens is 512 g/mol. The molecule has 0 radical (unpaired) electrons. The Morgan fingerprint density at radius 3 is 1.85 bits per heavy atom. The summed E-state index contributed by atoms with van der Waals surface area (Å²) in [6.45, 7) is 12.8. The average Bonchev–Trinajstić information content (AvgIpc) is 3.80. The minimum atomic E-state index is -0.179. The molecule has 2 heterocycles. The van der Waals surface area contributed by atoms with Crippen LogP contribution in [-0.2, 0) is 33.1 Å². The molecule has 0 bridgehead atoms. The Morgan fingerprint density at radius 2 is 1.15 bits per heavy atom. The van der Waals surface area contributed by atoms with Crippen LogP contribution >= 0.6 is 0 Å². The molecule has 3 aliphatic rings. The first-order chi connectivity index (χ1) is 19.8. The van der Waals surface area contributed by atoms with Crippen LogP contribution in [0, 0.1) is 5.92 Å². The van der Waals surface area contributed by atoms with Gasteiger partial charge in [-0.1, -0.05) is 82.3 Å². The Labute approximate surface area is 245 Å². The lowest BCUT2D eigenvalue weighted by atomic mass is 9.75. The van der Waals surface area contributed by atoms with Gasteiger partial charge in [-0.15, -0.1) is 0 Å². The summed E-state index contributed by atoms with van der Waals surface area (Å²) in [5.74, 6) is 3.65. The molecular formula is C36H44O5. The molecule has 41 heavy (non-hydrogen) atoms. The largest absolute Gasteiger partial charge is 0.493 e. The zero-order valence-corrected chi connectivity index (χ0v) is 25.0. The molecule has 0 N–H and O–H groups in total. The van der Waals surface area contributed by atoms with Crippen LogP contribution in [0.25, 0.3) is 0 Å². The number of ether oxygens (including phenoxy) is 5. The van der Waals surface area contributed by atoms with E-state index in [1.54, 1.807) is 0 Å². The van der Waals surface area contributed by atoms with E-state index in [-0.39, 0.29) is 23.0 Å². The summed E-state index contributed by atoms with van der Waals surface area (Å²) in [5, 5.41) is 0. The summed E-state index contributed by atoms with van der Waals surface area (Å²) < 4.78 is 30.0. The normalized spacial score (nSPS) is 20.0. The first-order valence-electron chi connectivity index (χ1n) is 15.2. The Hall–Kier alpha value is -3.02. The van der Waals surface area contributed by atoms with Crippen LogP contribution in [-0.4, -0.2) is 45.2 Å². The Bertz CT molecular complexity index is 1330. The topological polar surface area (TPSA) is 52.8 Å². The molecule has 1 saturated carbocycles. The van der Waals surface area contributed by atoms with E-state index < -0.39 is 0 Å². The van der Waals surface area contributed by atoms with E-state index in [1.807, 2.05) is 6.07 Å². The minimum Gasteiger partial charge on any atom is -0.493 e. The molecule has 3 fully saturated rings. The van der Waals surface area contributed by atoms with E-state index in [9.17, 15) is 0 Å². The highest BCUT2D eigenvalue weighted by Gasteiger charge is 2.33. The third-order valence-electron chi connectivity index (χ3n) is 8.49. The van der Waals surface area contributed by atoms with Gasteiger partial charge in [0.2, 0.25) is 0 Å². The second-order valence-corrected chi connectivity index (χ2v) is 13.3. The first kappa shape index (κ1) is 28.1. The molecule has 0 spiro atoms. The van der Waals surface area contributed by atoms with Crippen LogP contribution in [0.3, 0.4) is 0 Å². The van der Waals surface area contributed by atoms with Crippen molar-refractivity contribution in [2.24, 2.45) is 5.92 Å². The van der Waals surface area contributed by atoms with Crippen molar-refractivity contribution in [3.63, 3.8) is 0 Å². The summed E-state index contributed by atoms with van der Waals surface area (Å²) in [6, 6.07) is 23.6. The lowest BCUT2D eigenvalue weighted by Crippen LogP contribution is -2.26. The van der Waals surface area contributed by atoms with Crippen molar-refractivity contribution in [2.75, 3.05) is 33.0 Å². The van der Waals surface area contributed by atoms with Gasteiger partial charge in [0.25, 0.3) is 0 Å². The van der Waals surface area contributed by atoms with Crippen LogP contribution in [0.2, 0.25) is 0 Å². The maximum atomic E-state index is 6.63. The molecule has 0 aromatic heterocycles. The van der Waals surface area contributed by atoms with Crippen LogP contribution in [0.1, 0.15) is 62.8 Å². The van der Waals surface area contributed by atoms with Crippen molar-refractivity contribution in [1.82, 2.24) is 0 Å². The first-order valence-corrected chi connectivity index (χ1v) is 15.2. The molecule has 2 saturated heterocycles. The van der Waals surface area contributed by atoms with Crippen molar-refractivity contribution in [2.45, 2.75) is 76.4 Å². The number of hydrogen-bond acceptors (Lipinski definition) is 5. The molecule has 218 valence electrons. The average molecular weight is 557 g/mol. The van der Waals surface area contributed by atoms with Gasteiger partial charge in [0.05, 0.1) is 19.8 Å². The number of hydrogen-bond donors (Lipinski definition) is 0. The zero-order valence-electron chi connectivity index (χ0n) is 25.0. The molecule has 2 atom stereocenters. The highest BCUT2D eigenvalue weighted by Crippen LogP contribution is 2.42. The van der Waals surface area contributed by atoms with E-state index in [0.29, 0.717) is 13.2 Å². The number of rotatable bonds is 15. The Kier molecular flexibility index (Phi) is 8.02. The highest BCUT2D eigenvalue weighted by atomic mass is 16.6. The smallest absolute Gasteiger partial charge is 0.126 e. The van der Waals surface area contributed by atoms with E-state index in [4.69, 9.17) is 23.7 Å². The fourth-order valence-corrected chi connectivity index (χ4v) is 5.69. The summed E-state index contributed by atoms with van der Waals surface area (Å²) in [6.07, 6.45) is 4.65. The fraction of sp³-hybridized carbons (Fsp3) is 0.500. The van der Waals surface area contributed by atoms with Crippen LogP contribution in [0.5, 0.6) is 17.2 Å². The fourth-order valence-electron chi connectivity index (χ4n) is 5.69. The standard InChI is InChI=1S/C36H44O5/c1-35(2,30-12-6-8-15-33(30)40-23-28-21-37-28)19-27-11-9-13-31(34(27)41-24-29-22-38-29)36(3,4)18-26-10-5-7-14-32(26)39-20-25-16-17-25/h5-15,25,28-29H,16-24H2,1-4H3. The van der Waals surface area contributed by atoms with E-state index >= 15 is 0 Å². The number of benzene rings is 3. The van der Waals surface area contributed by atoms with Gasteiger partial charge < -0.3 is 23.7 Å². The summed E-state index contributed by atoms with van der Waals surface area (Å²) in [7, 11) is 0. The summed E-state index contributed by atoms with van der Waals surface area (Å²) in [5.41, 5.74) is 4.51.